The molecular weight excluding hydrogens is 695 g/mol. The van der Waals surface area contributed by atoms with Crippen LogP contribution >= 0.6 is 0 Å². The number of rotatable bonds is 46. The molecule has 332 valence electrons. The van der Waals surface area contributed by atoms with Crippen LogP contribution in [0.25, 0.3) is 0 Å². The molecule has 0 heterocycles. The molecule has 6 heteroatoms. The van der Waals surface area contributed by atoms with E-state index in [9.17, 15) is 19.8 Å². The van der Waals surface area contributed by atoms with Gasteiger partial charge in [0, 0.05) is 12.8 Å². The van der Waals surface area contributed by atoms with Gasteiger partial charge in [-0.3, -0.25) is 9.59 Å². The summed E-state index contributed by atoms with van der Waals surface area (Å²) in [7, 11) is 0. The van der Waals surface area contributed by atoms with Crippen molar-refractivity contribution >= 4 is 11.9 Å². The maximum atomic E-state index is 12.4. The summed E-state index contributed by atoms with van der Waals surface area (Å²) in [5.74, 6) is -0.0767. The Bertz CT molecular complexity index is 832. The molecule has 2 unspecified atom stereocenters. The summed E-state index contributed by atoms with van der Waals surface area (Å²) in [6.45, 7) is 4.91. The standard InChI is InChI=1S/C50H97NO5/c1-3-5-7-9-11-13-15-16-17-19-23-26-30-34-38-42-48(53)47(46-52)51-49(54)43-39-35-31-27-24-20-18-21-25-29-33-37-41-45-56-50(55)44-40-36-32-28-22-14-12-10-8-6-4-2/h20,24,47-48,52-53H,3-19,21-23,25-46H2,1-2H3,(H,51,54)/b24-20-. The number of esters is 1. The highest BCUT2D eigenvalue weighted by atomic mass is 16.5. The normalized spacial score (nSPS) is 12.7. The van der Waals surface area contributed by atoms with Gasteiger partial charge in [0.05, 0.1) is 25.4 Å². The quantitative estimate of drug-likeness (QED) is 0.0324. The van der Waals surface area contributed by atoms with Crippen LogP contribution in [-0.4, -0.2) is 47.4 Å². The van der Waals surface area contributed by atoms with Crippen molar-refractivity contribution < 1.29 is 24.5 Å². The summed E-state index contributed by atoms with van der Waals surface area (Å²) in [5.41, 5.74) is 0. The zero-order valence-electron chi connectivity index (χ0n) is 37.6. The molecule has 6 nitrogen and oxygen atoms in total. The second kappa shape index (κ2) is 46.3. The van der Waals surface area contributed by atoms with Crippen molar-refractivity contribution in [2.24, 2.45) is 0 Å². The topological polar surface area (TPSA) is 95.9 Å². The molecule has 1 amide bonds. The number of hydrogen-bond acceptors (Lipinski definition) is 5. The van der Waals surface area contributed by atoms with Gasteiger partial charge in [0.15, 0.2) is 0 Å². The lowest BCUT2D eigenvalue weighted by molar-refractivity contribution is -0.143. The number of carbonyl (C=O) groups excluding carboxylic acids is 2. The number of aliphatic hydroxyl groups excluding tert-OH is 2. The van der Waals surface area contributed by atoms with Crippen molar-refractivity contribution in [2.45, 2.75) is 283 Å². The van der Waals surface area contributed by atoms with E-state index in [1.54, 1.807) is 0 Å². The van der Waals surface area contributed by atoms with E-state index in [1.165, 1.54) is 167 Å². The Labute approximate surface area is 349 Å². The Kier molecular flexibility index (Phi) is 45.1. The second-order valence-corrected chi connectivity index (χ2v) is 17.1. The van der Waals surface area contributed by atoms with E-state index in [0.717, 1.165) is 70.6 Å². The van der Waals surface area contributed by atoms with E-state index < -0.39 is 12.1 Å². The SMILES string of the molecule is CCCCCCCCCCCCCCCCCC(O)C(CO)NC(=O)CCCCC/C=C\CCCCCCCCOC(=O)CCCCCCCCCCCCC. The number of allylic oxidation sites excluding steroid dienone is 2. The van der Waals surface area contributed by atoms with Crippen LogP contribution in [-0.2, 0) is 14.3 Å². The molecule has 56 heavy (non-hydrogen) atoms. The van der Waals surface area contributed by atoms with Crippen LogP contribution in [0.15, 0.2) is 12.2 Å². The third kappa shape index (κ3) is 42.2. The lowest BCUT2D eigenvalue weighted by Crippen LogP contribution is -2.45. The van der Waals surface area contributed by atoms with E-state index >= 15 is 0 Å². The fourth-order valence-corrected chi connectivity index (χ4v) is 7.69. The average Bonchev–Trinajstić information content (AvgIpc) is 3.20. The number of aliphatic hydroxyl groups is 2. The van der Waals surface area contributed by atoms with Gasteiger partial charge in [-0.1, -0.05) is 219 Å². The summed E-state index contributed by atoms with van der Waals surface area (Å²) in [6, 6.07) is -0.560. The molecule has 0 saturated heterocycles. The summed E-state index contributed by atoms with van der Waals surface area (Å²) < 4.78 is 5.44. The molecule has 0 fully saturated rings. The first-order valence-corrected chi connectivity index (χ1v) is 24.9. The van der Waals surface area contributed by atoms with Crippen LogP contribution in [0.1, 0.15) is 271 Å². The number of amides is 1. The predicted molar refractivity (Wildman–Crippen MR) is 241 cm³/mol. The minimum Gasteiger partial charge on any atom is -0.466 e. The van der Waals surface area contributed by atoms with E-state index in [2.05, 4.69) is 31.3 Å². The van der Waals surface area contributed by atoms with Crippen molar-refractivity contribution in [3.05, 3.63) is 12.2 Å². The maximum absolute atomic E-state index is 12.4. The fraction of sp³-hybridized carbons (Fsp3) is 0.920. The van der Waals surface area contributed by atoms with Crippen LogP contribution in [0.5, 0.6) is 0 Å². The molecule has 0 rings (SSSR count). The minimum absolute atomic E-state index is 0.0128. The van der Waals surface area contributed by atoms with Gasteiger partial charge in [0.2, 0.25) is 5.91 Å². The van der Waals surface area contributed by atoms with E-state index in [4.69, 9.17) is 4.74 Å². The van der Waals surface area contributed by atoms with Crippen LogP contribution in [0, 0.1) is 0 Å². The van der Waals surface area contributed by atoms with E-state index in [0.29, 0.717) is 25.9 Å². The Morgan fingerprint density at radius 2 is 0.839 bits per heavy atom. The first kappa shape index (κ1) is 54.6. The lowest BCUT2D eigenvalue weighted by atomic mass is 10.0. The molecule has 0 bridgehead atoms. The first-order chi connectivity index (χ1) is 27.5. The van der Waals surface area contributed by atoms with Gasteiger partial charge in [0.1, 0.15) is 0 Å². The molecule has 3 N–H and O–H groups in total. The van der Waals surface area contributed by atoms with Gasteiger partial charge >= 0.3 is 5.97 Å². The maximum Gasteiger partial charge on any atom is 0.305 e. The van der Waals surface area contributed by atoms with Gasteiger partial charge in [-0.2, -0.15) is 0 Å². The Morgan fingerprint density at radius 1 is 0.482 bits per heavy atom. The molecular formula is C50H97NO5. The van der Waals surface area contributed by atoms with E-state index in [-0.39, 0.29) is 18.5 Å². The van der Waals surface area contributed by atoms with Crippen molar-refractivity contribution in [2.75, 3.05) is 13.2 Å². The Hall–Kier alpha value is -1.40. The molecule has 0 aromatic carbocycles. The highest BCUT2D eigenvalue weighted by Gasteiger charge is 2.20. The van der Waals surface area contributed by atoms with Crippen LogP contribution in [0.4, 0.5) is 0 Å². The third-order valence-electron chi connectivity index (χ3n) is 11.6. The van der Waals surface area contributed by atoms with E-state index in [1.807, 2.05) is 0 Å². The Balaban J connectivity index is 3.51. The zero-order valence-corrected chi connectivity index (χ0v) is 37.6. The summed E-state index contributed by atoms with van der Waals surface area (Å²) >= 11 is 0. The number of nitrogens with one attached hydrogen (secondary N) is 1. The average molecular weight is 792 g/mol. The largest absolute Gasteiger partial charge is 0.466 e. The van der Waals surface area contributed by atoms with Gasteiger partial charge in [-0.15, -0.1) is 0 Å². The van der Waals surface area contributed by atoms with Crippen LogP contribution < -0.4 is 5.32 Å². The smallest absolute Gasteiger partial charge is 0.305 e. The molecule has 0 saturated carbocycles. The van der Waals surface area contributed by atoms with Crippen molar-refractivity contribution in [3.8, 4) is 0 Å². The number of hydrogen-bond donors (Lipinski definition) is 3. The number of carbonyl (C=O) groups is 2. The first-order valence-electron chi connectivity index (χ1n) is 24.9. The molecule has 0 aromatic rings. The van der Waals surface area contributed by atoms with Gasteiger partial charge in [0.25, 0.3) is 0 Å². The Morgan fingerprint density at radius 3 is 1.29 bits per heavy atom. The predicted octanol–water partition coefficient (Wildman–Crippen LogP) is 14.6. The van der Waals surface area contributed by atoms with Crippen molar-refractivity contribution in [3.63, 3.8) is 0 Å². The van der Waals surface area contributed by atoms with Gasteiger partial charge in [-0.25, -0.2) is 0 Å². The molecule has 0 radical (unpaired) electrons. The highest BCUT2D eigenvalue weighted by molar-refractivity contribution is 5.76. The molecule has 0 aromatic heterocycles. The van der Waals surface area contributed by atoms with Crippen LogP contribution in [0.2, 0.25) is 0 Å². The third-order valence-corrected chi connectivity index (χ3v) is 11.6. The molecule has 0 aliphatic rings. The monoisotopic (exact) mass is 792 g/mol. The minimum atomic E-state index is -0.679. The van der Waals surface area contributed by atoms with Crippen LogP contribution in [0.3, 0.4) is 0 Å². The van der Waals surface area contributed by atoms with Gasteiger partial charge in [-0.05, 0) is 51.4 Å². The molecule has 0 spiro atoms. The lowest BCUT2D eigenvalue weighted by Gasteiger charge is -2.22. The fourth-order valence-electron chi connectivity index (χ4n) is 7.69. The van der Waals surface area contributed by atoms with Gasteiger partial charge < -0.3 is 20.3 Å². The number of unbranched alkanes of at least 4 members (excludes halogenated alkanes) is 33. The zero-order chi connectivity index (χ0) is 40.8. The second-order valence-electron chi connectivity index (χ2n) is 17.1. The summed E-state index contributed by atoms with van der Waals surface area (Å²) in [4.78, 5) is 24.4. The summed E-state index contributed by atoms with van der Waals surface area (Å²) in [6.07, 6.45) is 51.7. The number of ether oxygens (including phenoxy) is 1. The van der Waals surface area contributed by atoms with Crippen molar-refractivity contribution in [1.82, 2.24) is 5.32 Å². The highest BCUT2D eigenvalue weighted by Crippen LogP contribution is 2.16. The summed E-state index contributed by atoms with van der Waals surface area (Å²) in [5, 5.41) is 23.2. The molecule has 0 aliphatic heterocycles. The van der Waals surface area contributed by atoms with Crippen molar-refractivity contribution in [1.29, 1.82) is 0 Å². The molecule has 0 aliphatic carbocycles. The molecule has 2 atom stereocenters.